The number of carbonyl (C=O) groups is 2. The van der Waals surface area contributed by atoms with Crippen LogP contribution in [-0.4, -0.2) is 60.8 Å². The molecule has 2 N–H and O–H groups in total. The van der Waals surface area contributed by atoms with Crippen molar-refractivity contribution in [3.63, 3.8) is 0 Å². The zero-order valence-corrected chi connectivity index (χ0v) is 16.0. The van der Waals surface area contributed by atoms with E-state index in [9.17, 15) is 14.7 Å². The Bertz CT molecular complexity index is 772. The van der Waals surface area contributed by atoms with E-state index in [-0.39, 0.29) is 12.3 Å². The van der Waals surface area contributed by atoms with Crippen LogP contribution in [0.25, 0.3) is 0 Å². The standard InChI is InChI=1S/C20H26N2O6/c1-26-15-11-17-16(27-7-2-8-28-17)9-13(15)12-22-5-3-20(4-6-22)14(19(24)25)10-18(23)21-20/h9,11,14H,2-8,10,12H2,1H3,(H,21,23)(H,24,25). The third kappa shape index (κ3) is 3.48. The summed E-state index contributed by atoms with van der Waals surface area (Å²) in [5.74, 6) is 0.489. The van der Waals surface area contributed by atoms with Crippen molar-refractivity contribution >= 4 is 11.9 Å². The summed E-state index contributed by atoms with van der Waals surface area (Å²) in [6, 6.07) is 3.85. The molecule has 1 aromatic rings. The molecular formula is C20H26N2O6. The molecule has 8 nitrogen and oxygen atoms in total. The van der Waals surface area contributed by atoms with Gasteiger partial charge in [0, 0.05) is 44.1 Å². The molecular weight excluding hydrogens is 364 g/mol. The van der Waals surface area contributed by atoms with Gasteiger partial charge in [0.2, 0.25) is 5.91 Å². The fourth-order valence-electron chi connectivity index (χ4n) is 4.49. The molecule has 152 valence electrons. The van der Waals surface area contributed by atoms with Crippen LogP contribution in [0.2, 0.25) is 0 Å². The number of aliphatic carboxylic acids is 1. The summed E-state index contributed by atoms with van der Waals surface area (Å²) in [6.07, 6.45) is 2.17. The van der Waals surface area contributed by atoms with Crippen LogP contribution in [0.5, 0.6) is 17.2 Å². The Kier molecular flexibility index (Phi) is 5.05. The molecule has 3 heterocycles. The molecule has 0 saturated carbocycles. The lowest BCUT2D eigenvalue weighted by molar-refractivity contribution is -0.144. The first-order chi connectivity index (χ1) is 13.5. The highest BCUT2D eigenvalue weighted by Crippen LogP contribution is 2.39. The number of nitrogens with one attached hydrogen (secondary N) is 1. The van der Waals surface area contributed by atoms with E-state index in [0.717, 1.165) is 23.5 Å². The van der Waals surface area contributed by atoms with E-state index in [1.807, 2.05) is 12.1 Å². The molecule has 0 bridgehead atoms. The molecule has 3 aliphatic heterocycles. The number of carbonyl (C=O) groups excluding carboxylic acids is 1. The van der Waals surface area contributed by atoms with Gasteiger partial charge in [-0.15, -0.1) is 0 Å². The Morgan fingerprint density at radius 3 is 2.61 bits per heavy atom. The summed E-state index contributed by atoms with van der Waals surface area (Å²) >= 11 is 0. The van der Waals surface area contributed by atoms with Gasteiger partial charge in [-0.25, -0.2) is 0 Å². The summed E-state index contributed by atoms with van der Waals surface area (Å²) in [4.78, 5) is 25.7. The van der Waals surface area contributed by atoms with E-state index >= 15 is 0 Å². The van der Waals surface area contributed by atoms with Crippen LogP contribution in [0.15, 0.2) is 12.1 Å². The average molecular weight is 390 g/mol. The Hall–Kier alpha value is -2.48. The average Bonchev–Trinajstić information content (AvgIpc) is 2.85. The van der Waals surface area contributed by atoms with Crippen molar-refractivity contribution in [2.24, 2.45) is 5.92 Å². The van der Waals surface area contributed by atoms with Crippen molar-refractivity contribution in [1.82, 2.24) is 10.2 Å². The molecule has 3 aliphatic rings. The van der Waals surface area contributed by atoms with Crippen LogP contribution < -0.4 is 19.5 Å². The van der Waals surface area contributed by atoms with Gasteiger partial charge in [0.05, 0.1) is 31.8 Å². The molecule has 1 unspecified atom stereocenters. The number of amides is 1. The SMILES string of the molecule is COc1cc2c(cc1CN1CCC3(CC1)NC(=O)CC3C(=O)O)OCCCO2. The number of likely N-dealkylation sites (tertiary alicyclic amines) is 1. The lowest BCUT2D eigenvalue weighted by atomic mass is 9.77. The second-order valence-corrected chi connectivity index (χ2v) is 7.74. The van der Waals surface area contributed by atoms with Gasteiger partial charge in [-0.05, 0) is 18.9 Å². The molecule has 2 fully saturated rings. The van der Waals surface area contributed by atoms with Crippen LogP contribution in [0.3, 0.4) is 0 Å². The highest BCUT2D eigenvalue weighted by Gasteiger charge is 2.51. The van der Waals surface area contributed by atoms with Gasteiger partial charge in [-0.3, -0.25) is 14.5 Å². The number of rotatable bonds is 4. The molecule has 0 radical (unpaired) electrons. The van der Waals surface area contributed by atoms with Crippen LogP contribution in [0.4, 0.5) is 0 Å². The molecule has 1 aromatic carbocycles. The first-order valence-electron chi connectivity index (χ1n) is 9.73. The van der Waals surface area contributed by atoms with Crippen LogP contribution in [-0.2, 0) is 16.1 Å². The van der Waals surface area contributed by atoms with E-state index < -0.39 is 17.4 Å². The fourth-order valence-corrected chi connectivity index (χ4v) is 4.49. The van der Waals surface area contributed by atoms with Crippen molar-refractivity contribution in [3.05, 3.63) is 17.7 Å². The number of nitrogens with zero attached hydrogens (tertiary/aromatic N) is 1. The summed E-state index contributed by atoms with van der Waals surface area (Å²) in [7, 11) is 1.64. The lowest BCUT2D eigenvalue weighted by Gasteiger charge is -2.41. The van der Waals surface area contributed by atoms with Gasteiger partial charge in [0.1, 0.15) is 5.75 Å². The van der Waals surface area contributed by atoms with Crippen molar-refractivity contribution in [3.8, 4) is 17.2 Å². The number of piperidine rings is 1. The molecule has 0 aliphatic carbocycles. The molecule has 1 atom stereocenters. The first kappa shape index (κ1) is 18.9. The van der Waals surface area contributed by atoms with Gasteiger partial charge < -0.3 is 24.6 Å². The molecule has 4 rings (SSSR count). The van der Waals surface area contributed by atoms with Crippen LogP contribution in [0, 0.1) is 5.92 Å². The Morgan fingerprint density at radius 1 is 1.29 bits per heavy atom. The second-order valence-electron chi connectivity index (χ2n) is 7.74. The fraction of sp³-hybridized carbons (Fsp3) is 0.600. The van der Waals surface area contributed by atoms with Gasteiger partial charge in [-0.1, -0.05) is 0 Å². The smallest absolute Gasteiger partial charge is 0.309 e. The summed E-state index contributed by atoms with van der Waals surface area (Å²) < 4.78 is 17.1. The number of hydrogen-bond acceptors (Lipinski definition) is 6. The maximum Gasteiger partial charge on any atom is 0.309 e. The number of fused-ring (bicyclic) bond motifs is 1. The van der Waals surface area contributed by atoms with Crippen molar-refractivity contribution in [2.45, 2.75) is 37.8 Å². The minimum absolute atomic E-state index is 0.0747. The van der Waals surface area contributed by atoms with Crippen LogP contribution in [0.1, 0.15) is 31.2 Å². The van der Waals surface area contributed by atoms with Crippen molar-refractivity contribution in [1.29, 1.82) is 0 Å². The Labute approximate surface area is 163 Å². The predicted molar refractivity (Wildman–Crippen MR) is 99.7 cm³/mol. The number of methoxy groups -OCH3 is 1. The van der Waals surface area contributed by atoms with E-state index in [0.29, 0.717) is 51.4 Å². The zero-order valence-electron chi connectivity index (χ0n) is 16.0. The molecule has 2 saturated heterocycles. The van der Waals surface area contributed by atoms with Gasteiger partial charge in [0.25, 0.3) is 0 Å². The normalized spacial score (nSPS) is 23.9. The van der Waals surface area contributed by atoms with Crippen molar-refractivity contribution in [2.75, 3.05) is 33.4 Å². The van der Waals surface area contributed by atoms with Crippen molar-refractivity contribution < 1.29 is 28.9 Å². The maximum absolute atomic E-state index is 11.8. The number of benzene rings is 1. The molecule has 1 spiro atoms. The quantitative estimate of drug-likeness (QED) is 0.802. The molecule has 1 amide bonds. The highest BCUT2D eigenvalue weighted by atomic mass is 16.5. The third-order valence-corrected chi connectivity index (χ3v) is 6.04. The number of carboxylic acids is 1. The summed E-state index contributed by atoms with van der Waals surface area (Å²) in [6.45, 7) is 3.34. The van der Waals surface area contributed by atoms with Gasteiger partial charge >= 0.3 is 5.97 Å². The summed E-state index contributed by atoms with van der Waals surface area (Å²) in [5.41, 5.74) is 0.391. The summed E-state index contributed by atoms with van der Waals surface area (Å²) in [5, 5.41) is 12.5. The van der Waals surface area contributed by atoms with Gasteiger partial charge in [0.15, 0.2) is 11.5 Å². The van der Waals surface area contributed by atoms with Crippen LogP contribution >= 0.6 is 0 Å². The maximum atomic E-state index is 11.8. The third-order valence-electron chi connectivity index (χ3n) is 6.04. The first-order valence-corrected chi connectivity index (χ1v) is 9.73. The predicted octanol–water partition coefficient (Wildman–Crippen LogP) is 1.41. The Morgan fingerprint density at radius 2 is 1.96 bits per heavy atom. The minimum Gasteiger partial charge on any atom is -0.496 e. The monoisotopic (exact) mass is 390 g/mol. The minimum atomic E-state index is -0.892. The second kappa shape index (κ2) is 7.50. The molecule has 0 aromatic heterocycles. The van der Waals surface area contributed by atoms with Gasteiger partial charge in [-0.2, -0.15) is 0 Å². The topological polar surface area (TPSA) is 97.3 Å². The van der Waals surface area contributed by atoms with E-state index in [2.05, 4.69) is 10.2 Å². The molecule has 8 heteroatoms. The van der Waals surface area contributed by atoms with E-state index in [1.54, 1.807) is 7.11 Å². The highest BCUT2D eigenvalue weighted by molar-refractivity contribution is 5.88. The number of hydrogen-bond donors (Lipinski definition) is 2. The zero-order chi connectivity index (χ0) is 19.7. The number of ether oxygens (including phenoxy) is 3. The Balaban J connectivity index is 1.47. The van der Waals surface area contributed by atoms with E-state index in [1.165, 1.54) is 0 Å². The molecule has 28 heavy (non-hydrogen) atoms. The number of carboxylic acid groups (broad SMARTS) is 1. The lowest BCUT2D eigenvalue weighted by Crippen LogP contribution is -2.55. The largest absolute Gasteiger partial charge is 0.496 e. The van der Waals surface area contributed by atoms with E-state index in [4.69, 9.17) is 14.2 Å².